The predicted molar refractivity (Wildman–Crippen MR) is 128 cm³/mol. The third-order valence-electron chi connectivity index (χ3n) is 5.43. The van der Waals surface area contributed by atoms with Gasteiger partial charge < -0.3 is 14.8 Å². The van der Waals surface area contributed by atoms with Crippen LogP contribution in [0.4, 0.5) is 5.69 Å². The van der Waals surface area contributed by atoms with Crippen LogP contribution in [0.2, 0.25) is 5.02 Å². The van der Waals surface area contributed by atoms with Crippen molar-refractivity contribution in [3.8, 4) is 11.5 Å². The maximum absolute atomic E-state index is 13.4. The predicted octanol–water partition coefficient (Wildman–Crippen LogP) is 4.79. The number of hydrogen-bond donors (Lipinski definition) is 1. The molecular formula is C26H23ClN2O4. The Labute approximate surface area is 197 Å². The van der Waals surface area contributed by atoms with Crippen LogP contribution in [0.1, 0.15) is 11.1 Å². The van der Waals surface area contributed by atoms with E-state index in [9.17, 15) is 9.59 Å². The van der Waals surface area contributed by atoms with Gasteiger partial charge in [0.15, 0.2) is 0 Å². The number of carbonyl (C=O) groups is 2. The maximum Gasteiger partial charge on any atom is 0.278 e. The summed E-state index contributed by atoms with van der Waals surface area (Å²) in [6.07, 6.45) is 0.520. The number of imide groups is 1. The highest BCUT2D eigenvalue weighted by Gasteiger charge is 2.39. The molecule has 3 aromatic rings. The molecule has 168 valence electrons. The summed E-state index contributed by atoms with van der Waals surface area (Å²) < 4.78 is 10.8. The van der Waals surface area contributed by atoms with Gasteiger partial charge in [-0.1, -0.05) is 54.1 Å². The molecule has 4 rings (SSSR count). The Morgan fingerprint density at radius 3 is 2.27 bits per heavy atom. The molecule has 33 heavy (non-hydrogen) atoms. The van der Waals surface area contributed by atoms with E-state index in [1.165, 1.54) is 4.90 Å². The highest BCUT2D eigenvalue weighted by atomic mass is 35.5. The lowest BCUT2D eigenvalue weighted by atomic mass is 10.0. The summed E-state index contributed by atoms with van der Waals surface area (Å²) in [6, 6.07) is 21.7. The van der Waals surface area contributed by atoms with E-state index in [-0.39, 0.29) is 18.1 Å². The molecule has 7 heteroatoms. The molecule has 6 nitrogen and oxygen atoms in total. The van der Waals surface area contributed by atoms with Crippen LogP contribution in [0.3, 0.4) is 0 Å². The van der Waals surface area contributed by atoms with Gasteiger partial charge in [0.1, 0.15) is 17.2 Å². The minimum atomic E-state index is -0.391. The Bertz CT molecular complexity index is 1210. The third kappa shape index (κ3) is 4.71. The zero-order chi connectivity index (χ0) is 23.4. The molecule has 0 atom stereocenters. The summed E-state index contributed by atoms with van der Waals surface area (Å²) in [5.41, 5.74) is 2.70. The zero-order valence-electron chi connectivity index (χ0n) is 18.3. The smallest absolute Gasteiger partial charge is 0.278 e. The van der Waals surface area contributed by atoms with Gasteiger partial charge in [-0.25, -0.2) is 0 Å². The van der Waals surface area contributed by atoms with E-state index in [0.717, 1.165) is 5.56 Å². The number of nitrogens with zero attached hydrogens (tertiary/aromatic N) is 1. The van der Waals surface area contributed by atoms with Crippen LogP contribution < -0.4 is 14.8 Å². The second-order valence-corrected chi connectivity index (χ2v) is 7.88. The number of hydrogen-bond acceptors (Lipinski definition) is 5. The molecule has 1 heterocycles. The van der Waals surface area contributed by atoms with Gasteiger partial charge in [0.25, 0.3) is 11.8 Å². The second kappa shape index (κ2) is 9.79. The zero-order valence-corrected chi connectivity index (χ0v) is 19.1. The number of nitrogens with one attached hydrogen (secondary N) is 1. The van der Waals surface area contributed by atoms with Crippen LogP contribution in [0.15, 0.2) is 78.5 Å². The van der Waals surface area contributed by atoms with Gasteiger partial charge in [-0.05, 0) is 41.8 Å². The highest BCUT2D eigenvalue weighted by molar-refractivity contribution is 6.36. The fraction of sp³-hybridized carbons (Fsp3) is 0.154. The molecule has 1 aliphatic heterocycles. The van der Waals surface area contributed by atoms with Gasteiger partial charge in [-0.2, -0.15) is 0 Å². The van der Waals surface area contributed by atoms with Gasteiger partial charge in [0.05, 0.1) is 25.5 Å². The first kappa shape index (κ1) is 22.4. The van der Waals surface area contributed by atoms with Crippen molar-refractivity contribution < 1.29 is 19.1 Å². The van der Waals surface area contributed by atoms with Crippen molar-refractivity contribution in [3.63, 3.8) is 0 Å². The summed E-state index contributed by atoms with van der Waals surface area (Å²) in [5, 5.41) is 3.78. The molecule has 0 bridgehead atoms. The number of rotatable bonds is 8. The topological polar surface area (TPSA) is 67.9 Å². The average Bonchev–Trinajstić information content (AvgIpc) is 3.08. The SMILES string of the molecule is COc1ccc(OC)c(NC2=C(c3ccccc3)C(=O)N(CCc3ccc(Cl)cc3)C2=O)c1. The fourth-order valence-electron chi connectivity index (χ4n) is 3.71. The molecule has 3 aromatic carbocycles. The molecule has 1 N–H and O–H groups in total. The monoisotopic (exact) mass is 462 g/mol. The number of methoxy groups -OCH3 is 2. The van der Waals surface area contributed by atoms with Crippen molar-refractivity contribution in [2.75, 3.05) is 26.1 Å². The Hall–Kier alpha value is -3.77. The Morgan fingerprint density at radius 1 is 0.879 bits per heavy atom. The molecule has 0 saturated carbocycles. The number of carbonyl (C=O) groups excluding carboxylic acids is 2. The normalized spacial score (nSPS) is 13.5. The molecule has 0 fully saturated rings. The third-order valence-corrected chi connectivity index (χ3v) is 5.69. The van der Waals surface area contributed by atoms with E-state index in [4.69, 9.17) is 21.1 Å². The molecule has 0 spiro atoms. The largest absolute Gasteiger partial charge is 0.497 e. The van der Waals surface area contributed by atoms with E-state index >= 15 is 0 Å². The Kier molecular flexibility index (Phi) is 6.66. The standard InChI is InChI=1S/C26H23ClN2O4/c1-32-20-12-13-22(33-2)21(16-20)28-24-23(18-6-4-3-5-7-18)25(30)29(26(24)31)15-14-17-8-10-19(27)11-9-17/h3-13,16,28H,14-15H2,1-2H3. The first-order valence-electron chi connectivity index (χ1n) is 10.4. The number of benzene rings is 3. The van der Waals surface area contributed by atoms with Gasteiger partial charge >= 0.3 is 0 Å². The maximum atomic E-state index is 13.4. The van der Waals surface area contributed by atoms with Crippen LogP contribution in [0.5, 0.6) is 11.5 Å². The highest BCUT2D eigenvalue weighted by Crippen LogP contribution is 2.35. The minimum Gasteiger partial charge on any atom is -0.497 e. The van der Waals surface area contributed by atoms with E-state index in [0.29, 0.717) is 39.8 Å². The van der Waals surface area contributed by atoms with Crippen molar-refractivity contribution in [2.24, 2.45) is 0 Å². The minimum absolute atomic E-state index is 0.203. The number of amides is 2. The molecule has 0 unspecified atom stereocenters. The van der Waals surface area contributed by atoms with Crippen LogP contribution in [0, 0.1) is 0 Å². The van der Waals surface area contributed by atoms with Crippen molar-refractivity contribution in [1.82, 2.24) is 4.90 Å². The van der Waals surface area contributed by atoms with Crippen LogP contribution in [0.25, 0.3) is 5.57 Å². The molecule has 0 radical (unpaired) electrons. The van der Waals surface area contributed by atoms with Crippen molar-refractivity contribution in [3.05, 3.63) is 94.6 Å². The van der Waals surface area contributed by atoms with Gasteiger partial charge in [-0.3, -0.25) is 14.5 Å². The first-order chi connectivity index (χ1) is 16.0. The van der Waals surface area contributed by atoms with Gasteiger partial charge in [-0.15, -0.1) is 0 Å². The Morgan fingerprint density at radius 2 is 1.61 bits per heavy atom. The van der Waals surface area contributed by atoms with Gasteiger partial charge in [0.2, 0.25) is 0 Å². The average molecular weight is 463 g/mol. The Balaban J connectivity index is 1.68. The van der Waals surface area contributed by atoms with Crippen molar-refractivity contribution in [2.45, 2.75) is 6.42 Å². The van der Waals surface area contributed by atoms with E-state index in [1.54, 1.807) is 44.6 Å². The second-order valence-electron chi connectivity index (χ2n) is 7.45. The molecule has 0 saturated heterocycles. The van der Waals surface area contributed by atoms with Gasteiger partial charge in [0, 0.05) is 17.6 Å². The van der Waals surface area contributed by atoms with Crippen LogP contribution >= 0.6 is 11.6 Å². The van der Waals surface area contributed by atoms with E-state index < -0.39 is 5.91 Å². The fourth-order valence-corrected chi connectivity index (χ4v) is 3.83. The summed E-state index contributed by atoms with van der Waals surface area (Å²) >= 11 is 5.96. The summed E-state index contributed by atoms with van der Waals surface area (Å²) in [7, 11) is 3.10. The number of ether oxygens (including phenoxy) is 2. The first-order valence-corrected chi connectivity index (χ1v) is 10.8. The lowest BCUT2D eigenvalue weighted by Crippen LogP contribution is -2.34. The van der Waals surface area contributed by atoms with E-state index in [1.807, 2.05) is 42.5 Å². The number of halogens is 1. The van der Waals surface area contributed by atoms with Crippen LogP contribution in [-0.4, -0.2) is 37.5 Å². The summed E-state index contributed by atoms with van der Waals surface area (Å²) in [6.45, 7) is 0.246. The van der Waals surface area contributed by atoms with Crippen molar-refractivity contribution in [1.29, 1.82) is 0 Å². The van der Waals surface area contributed by atoms with Crippen molar-refractivity contribution >= 4 is 34.7 Å². The van der Waals surface area contributed by atoms with Crippen LogP contribution in [-0.2, 0) is 16.0 Å². The summed E-state index contributed by atoms with van der Waals surface area (Å²) in [4.78, 5) is 28.1. The lowest BCUT2D eigenvalue weighted by molar-refractivity contribution is -0.136. The molecule has 1 aliphatic rings. The molecule has 0 aromatic heterocycles. The number of anilines is 1. The molecule has 2 amide bonds. The molecule has 0 aliphatic carbocycles. The molecular weight excluding hydrogens is 440 g/mol. The summed E-state index contributed by atoms with van der Waals surface area (Å²) in [5.74, 6) is 0.384. The van der Waals surface area contributed by atoms with E-state index in [2.05, 4.69) is 5.32 Å². The quantitative estimate of drug-likeness (QED) is 0.487. The lowest BCUT2D eigenvalue weighted by Gasteiger charge is -2.16.